The molecule has 1 aliphatic carbocycles. The Balaban J connectivity index is 1.30. The number of rotatable bonds is 7. The summed E-state index contributed by atoms with van der Waals surface area (Å²) in [4.78, 5) is 32.1. The highest BCUT2D eigenvalue weighted by atomic mass is 35.5. The van der Waals surface area contributed by atoms with Gasteiger partial charge < -0.3 is 20.5 Å². The van der Waals surface area contributed by atoms with E-state index < -0.39 is 12.1 Å². The van der Waals surface area contributed by atoms with E-state index in [0.29, 0.717) is 41.1 Å². The Labute approximate surface area is 224 Å². The number of ether oxygens (including phenoxy) is 1. The average molecular weight is 535 g/mol. The van der Waals surface area contributed by atoms with Crippen molar-refractivity contribution in [1.82, 2.24) is 20.4 Å². The summed E-state index contributed by atoms with van der Waals surface area (Å²) in [5.41, 5.74) is 2.35. The molecule has 1 aromatic heterocycles. The van der Waals surface area contributed by atoms with Gasteiger partial charge in [-0.3, -0.25) is 14.5 Å². The van der Waals surface area contributed by atoms with Crippen molar-refractivity contribution in [3.63, 3.8) is 0 Å². The van der Waals surface area contributed by atoms with Crippen molar-refractivity contribution in [3.05, 3.63) is 76.9 Å². The van der Waals surface area contributed by atoms with Gasteiger partial charge in [-0.25, -0.2) is 4.99 Å². The zero-order valence-corrected chi connectivity index (χ0v) is 21.4. The molecule has 2 amide bonds. The number of anilines is 1. The predicted molar refractivity (Wildman–Crippen MR) is 142 cm³/mol. The summed E-state index contributed by atoms with van der Waals surface area (Å²) in [6.45, 7) is 2.19. The van der Waals surface area contributed by atoms with Crippen LogP contribution in [0.25, 0.3) is 0 Å². The van der Waals surface area contributed by atoms with E-state index in [0.717, 1.165) is 11.3 Å². The first kappa shape index (κ1) is 25.6. The molecule has 3 aromatic rings. The molecular weight excluding hydrogens is 508 g/mol. The number of aromatic nitrogens is 2. The van der Waals surface area contributed by atoms with Gasteiger partial charge in [0.1, 0.15) is 11.8 Å². The van der Waals surface area contributed by atoms with Gasteiger partial charge in [0.05, 0.1) is 24.9 Å². The first-order valence-corrected chi connectivity index (χ1v) is 12.7. The van der Waals surface area contributed by atoms with Crippen molar-refractivity contribution in [2.45, 2.75) is 38.5 Å². The maximum Gasteiger partial charge on any atom is 0.254 e. The van der Waals surface area contributed by atoms with Crippen LogP contribution in [0, 0.1) is 12.8 Å². The van der Waals surface area contributed by atoms with E-state index >= 15 is 0 Å². The lowest BCUT2D eigenvalue weighted by Crippen LogP contribution is -2.58. The minimum absolute atomic E-state index is 0.104. The Morgan fingerprint density at radius 1 is 1.08 bits per heavy atom. The lowest BCUT2D eigenvalue weighted by molar-refractivity contribution is -0.138. The van der Waals surface area contributed by atoms with Crippen molar-refractivity contribution in [2.24, 2.45) is 10.9 Å². The van der Waals surface area contributed by atoms with Gasteiger partial charge in [-0.2, -0.15) is 5.10 Å². The molecule has 2 aromatic carbocycles. The summed E-state index contributed by atoms with van der Waals surface area (Å²) in [5, 5.41) is 24.1. The third-order valence-electron chi connectivity index (χ3n) is 6.40. The smallest absolute Gasteiger partial charge is 0.254 e. The number of carbonyl (C=O) groups excluding carboxylic acids is 2. The summed E-state index contributed by atoms with van der Waals surface area (Å²) in [7, 11) is 0. The maximum absolute atomic E-state index is 13.5. The SMILES string of the molecule is Cc1ccc(Oc2ccc(NC3=NCC(NC(=O)C4CC(O)C4)C(=O)N3Cc3ccc(Cl)cc3)cc2)nn1. The Hall–Kier alpha value is -4.02. The van der Waals surface area contributed by atoms with Crippen molar-refractivity contribution in [3.8, 4) is 11.6 Å². The fourth-order valence-electron chi connectivity index (χ4n) is 4.16. The Morgan fingerprint density at radius 2 is 1.82 bits per heavy atom. The minimum Gasteiger partial charge on any atom is -0.438 e. The maximum atomic E-state index is 13.5. The molecule has 3 N–H and O–H groups in total. The molecule has 10 nitrogen and oxygen atoms in total. The highest BCUT2D eigenvalue weighted by molar-refractivity contribution is 6.30. The van der Waals surface area contributed by atoms with Crippen LogP contribution in [0.5, 0.6) is 11.6 Å². The van der Waals surface area contributed by atoms with Crippen LogP contribution in [0.2, 0.25) is 5.02 Å². The van der Waals surface area contributed by atoms with E-state index in [9.17, 15) is 14.7 Å². The number of aryl methyl sites for hydroxylation is 1. The number of aliphatic hydroxyl groups is 1. The summed E-state index contributed by atoms with van der Waals surface area (Å²) in [6.07, 6.45) is 0.366. The minimum atomic E-state index is -0.788. The van der Waals surface area contributed by atoms with Crippen LogP contribution in [-0.4, -0.2) is 56.7 Å². The number of aliphatic hydroxyl groups excluding tert-OH is 1. The molecule has 38 heavy (non-hydrogen) atoms. The molecule has 196 valence electrons. The Morgan fingerprint density at radius 3 is 2.47 bits per heavy atom. The number of hydrogen-bond acceptors (Lipinski definition) is 8. The molecule has 1 unspecified atom stereocenters. The quantitative estimate of drug-likeness (QED) is 0.424. The number of nitrogens with one attached hydrogen (secondary N) is 2. The number of benzene rings is 2. The second kappa shape index (κ2) is 11.2. The van der Waals surface area contributed by atoms with Gasteiger partial charge >= 0.3 is 0 Å². The standard InChI is InChI=1S/C27H27ClN6O4/c1-16-2-11-24(33-32-16)38-22-9-7-20(8-10-22)30-27-29-14-23(31-25(36)18-12-21(35)13-18)26(37)34(27)15-17-3-5-19(28)6-4-17/h2-11,18,21,23,35H,12-15H2,1H3,(H,29,30)(H,31,36). The number of carbonyl (C=O) groups is 2. The van der Waals surface area contributed by atoms with E-state index in [1.54, 1.807) is 42.5 Å². The first-order chi connectivity index (χ1) is 18.3. The highest BCUT2D eigenvalue weighted by Crippen LogP contribution is 2.28. The summed E-state index contributed by atoms with van der Waals surface area (Å²) in [6, 6.07) is 17.1. The fourth-order valence-corrected chi connectivity index (χ4v) is 4.29. The van der Waals surface area contributed by atoms with E-state index in [-0.39, 0.29) is 30.8 Å². The number of nitrogens with zero attached hydrogens (tertiary/aromatic N) is 4. The van der Waals surface area contributed by atoms with Crippen LogP contribution < -0.4 is 15.4 Å². The van der Waals surface area contributed by atoms with Crippen LogP contribution in [0.15, 0.2) is 65.7 Å². The molecule has 2 heterocycles. The third-order valence-corrected chi connectivity index (χ3v) is 6.66. The molecule has 0 spiro atoms. The van der Waals surface area contributed by atoms with E-state index in [2.05, 4.69) is 25.8 Å². The topological polar surface area (TPSA) is 129 Å². The van der Waals surface area contributed by atoms with Crippen molar-refractivity contribution in [2.75, 3.05) is 11.9 Å². The normalized spacial score (nSPS) is 20.8. The number of amides is 2. The van der Waals surface area contributed by atoms with E-state index in [1.807, 2.05) is 25.1 Å². The van der Waals surface area contributed by atoms with Crippen LogP contribution in [0.3, 0.4) is 0 Å². The zero-order valence-electron chi connectivity index (χ0n) is 20.7. The monoisotopic (exact) mass is 534 g/mol. The fraction of sp³-hybridized carbons (Fsp3) is 0.296. The van der Waals surface area contributed by atoms with Crippen molar-refractivity contribution in [1.29, 1.82) is 0 Å². The van der Waals surface area contributed by atoms with Crippen molar-refractivity contribution < 1.29 is 19.4 Å². The predicted octanol–water partition coefficient (Wildman–Crippen LogP) is 3.30. The highest BCUT2D eigenvalue weighted by Gasteiger charge is 2.38. The van der Waals surface area contributed by atoms with Gasteiger partial charge in [0.15, 0.2) is 0 Å². The van der Waals surface area contributed by atoms with Crippen LogP contribution in [-0.2, 0) is 16.1 Å². The van der Waals surface area contributed by atoms with Gasteiger partial charge in [0, 0.05) is 22.7 Å². The molecule has 1 atom stereocenters. The zero-order chi connectivity index (χ0) is 26.6. The number of halogens is 1. The first-order valence-electron chi connectivity index (χ1n) is 12.3. The molecule has 5 rings (SSSR count). The lowest BCUT2D eigenvalue weighted by Gasteiger charge is -2.35. The second-order valence-electron chi connectivity index (χ2n) is 9.36. The Kier molecular flexibility index (Phi) is 7.52. The average Bonchev–Trinajstić information content (AvgIpc) is 2.89. The van der Waals surface area contributed by atoms with Gasteiger partial charge in [0.2, 0.25) is 17.7 Å². The molecule has 0 saturated heterocycles. The molecule has 11 heteroatoms. The van der Waals surface area contributed by atoms with Gasteiger partial charge in [0.25, 0.3) is 5.91 Å². The van der Waals surface area contributed by atoms with Crippen LogP contribution in [0.4, 0.5) is 5.69 Å². The van der Waals surface area contributed by atoms with Crippen LogP contribution in [0.1, 0.15) is 24.1 Å². The molecule has 1 fully saturated rings. The Bertz CT molecular complexity index is 1330. The van der Waals surface area contributed by atoms with E-state index in [1.165, 1.54) is 4.90 Å². The van der Waals surface area contributed by atoms with Crippen molar-refractivity contribution >= 4 is 35.1 Å². The second-order valence-corrected chi connectivity index (χ2v) is 9.80. The summed E-state index contributed by atoms with van der Waals surface area (Å²) >= 11 is 6.03. The number of aliphatic imine (C=N–C) groups is 1. The summed E-state index contributed by atoms with van der Waals surface area (Å²) in [5.74, 6) is 0.545. The number of guanidine groups is 1. The molecular formula is C27H27ClN6O4. The summed E-state index contributed by atoms with van der Waals surface area (Å²) < 4.78 is 5.73. The molecule has 1 aliphatic heterocycles. The van der Waals surface area contributed by atoms with Gasteiger partial charge in [-0.15, -0.1) is 5.10 Å². The number of hydrogen-bond donors (Lipinski definition) is 3. The lowest BCUT2D eigenvalue weighted by atomic mass is 9.81. The molecule has 0 bridgehead atoms. The van der Waals surface area contributed by atoms with E-state index in [4.69, 9.17) is 16.3 Å². The molecule has 1 saturated carbocycles. The molecule has 0 radical (unpaired) electrons. The third kappa shape index (κ3) is 6.09. The van der Waals surface area contributed by atoms with Gasteiger partial charge in [-0.05, 0) is 67.8 Å². The largest absolute Gasteiger partial charge is 0.438 e. The van der Waals surface area contributed by atoms with Crippen LogP contribution >= 0.6 is 11.6 Å². The van der Waals surface area contributed by atoms with Gasteiger partial charge in [-0.1, -0.05) is 23.7 Å². The molecule has 2 aliphatic rings.